The van der Waals surface area contributed by atoms with Gasteiger partial charge in [-0.15, -0.1) is 35.9 Å². The quantitative estimate of drug-likeness (QED) is 0.123. The van der Waals surface area contributed by atoms with Crippen molar-refractivity contribution in [2.75, 3.05) is 0 Å². The summed E-state index contributed by atoms with van der Waals surface area (Å²) in [5, 5.41) is 1.06. The van der Waals surface area contributed by atoms with Crippen molar-refractivity contribution in [1.29, 1.82) is 0 Å². The summed E-state index contributed by atoms with van der Waals surface area (Å²) < 4.78 is 31.5. The predicted octanol–water partition coefficient (Wildman–Crippen LogP) is 12.3. The summed E-state index contributed by atoms with van der Waals surface area (Å²) in [5.74, 6) is 8.10. The van der Waals surface area contributed by atoms with E-state index >= 15 is 0 Å². The SMILES string of the molecule is Cc1cc(-c2ccccc2)c(-n2c(-c3[c-]oc4cc[c]([Ge]([CH3])([CH3])[CH3])cc34)nc3ccccc32)c(-c2ccccc2)c1.[2H]C([2H])([2H])c1ccc(-c2[c-]cccc2)nc1.[Ir]. The summed E-state index contributed by atoms with van der Waals surface area (Å²) in [5.41, 5.74) is 12.5. The molecule has 3 aromatic heterocycles. The van der Waals surface area contributed by atoms with Crippen molar-refractivity contribution in [2.45, 2.75) is 31.0 Å². The van der Waals surface area contributed by atoms with Crippen LogP contribution >= 0.6 is 0 Å². The number of rotatable bonds is 6. The first kappa shape index (κ1) is 34.2. The van der Waals surface area contributed by atoms with Crippen LogP contribution in [0.1, 0.15) is 15.2 Å². The third-order valence-electron chi connectivity index (χ3n) is 9.56. The van der Waals surface area contributed by atoms with Crippen LogP contribution in [0.25, 0.3) is 72.6 Å². The summed E-state index contributed by atoms with van der Waals surface area (Å²) in [7, 11) is 0. The van der Waals surface area contributed by atoms with E-state index in [1.165, 1.54) is 16.2 Å². The fourth-order valence-corrected chi connectivity index (χ4v) is 9.26. The van der Waals surface area contributed by atoms with Crippen LogP contribution in [0.5, 0.6) is 0 Å². The molecule has 0 unspecified atom stereocenters. The standard InChI is InChI=1S/C37H31GeN2O.C12H10N.Ir/c1-25-21-29(26-13-7-5-8-14-26)36(30(22-25)27-15-9-6-10-16-27)40-34-18-12-11-17-33(34)39-37(40)32-24-41-35-20-19-28(23-31(32)35)38(2,3)4;1-10-7-8-12(13-9-10)11-5-3-2-4-6-11;/h5-23H,1-4H3;2-5,7-9H,1H3;/q2*-1;/i;1D3;. The molecule has 1 radical (unpaired) electrons. The second kappa shape index (κ2) is 16.2. The predicted molar refractivity (Wildman–Crippen MR) is 227 cm³/mol. The van der Waals surface area contributed by atoms with Gasteiger partial charge in [0.1, 0.15) is 0 Å². The number of furan rings is 1. The maximum atomic E-state index is 7.23. The van der Waals surface area contributed by atoms with Crippen molar-refractivity contribution >= 4 is 39.7 Å². The van der Waals surface area contributed by atoms with Gasteiger partial charge in [0.2, 0.25) is 0 Å². The van der Waals surface area contributed by atoms with E-state index in [1.807, 2.05) is 18.2 Å². The Hall–Kier alpha value is -5.33. The van der Waals surface area contributed by atoms with Crippen LogP contribution in [-0.4, -0.2) is 27.8 Å². The van der Waals surface area contributed by atoms with Gasteiger partial charge in [0.15, 0.2) is 0 Å². The van der Waals surface area contributed by atoms with E-state index in [0.29, 0.717) is 0 Å². The number of benzene rings is 6. The molecule has 0 aliphatic carbocycles. The first-order valence-electron chi connectivity index (χ1n) is 19.6. The van der Waals surface area contributed by atoms with E-state index in [2.05, 4.69) is 161 Å². The third kappa shape index (κ3) is 7.92. The van der Waals surface area contributed by atoms with Crippen LogP contribution in [0.15, 0.2) is 162 Å². The molecule has 0 saturated heterocycles. The van der Waals surface area contributed by atoms with Gasteiger partial charge in [0, 0.05) is 30.4 Å². The van der Waals surface area contributed by atoms with Crippen molar-refractivity contribution in [3.8, 4) is 50.6 Å². The number of para-hydroxylation sites is 2. The molecule has 0 amide bonds. The van der Waals surface area contributed by atoms with Crippen LogP contribution < -0.4 is 4.40 Å². The van der Waals surface area contributed by atoms with Gasteiger partial charge < -0.3 is 4.98 Å². The first-order chi connectivity index (χ1) is 27.5. The molecule has 0 fully saturated rings. The second-order valence-corrected chi connectivity index (χ2v) is 25.1. The van der Waals surface area contributed by atoms with Crippen molar-refractivity contribution in [2.24, 2.45) is 0 Å². The van der Waals surface area contributed by atoms with Gasteiger partial charge in [-0.05, 0) is 18.1 Å². The molecule has 6 aromatic carbocycles. The summed E-state index contributed by atoms with van der Waals surface area (Å²) in [6.07, 6.45) is 4.66. The Morgan fingerprint density at radius 3 is 2.00 bits per heavy atom. The van der Waals surface area contributed by atoms with E-state index in [0.717, 1.165) is 72.6 Å². The van der Waals surface area contributed by atoms with E-state index in [-0.39, 0.29) is 25.7 Å². The zero-order chi connectivity index (χ0) is 39.7. The minimum Gasteiger partial charge on any atom is -0.304 e. The topological polar surface area (TPSA) is 43.9 Å². The van der Waals surface area contributed by atoms with Crippen molar-refractivity contribution in [1.82, 2.24) is 14.5 Å². The van der Waals surface area contributed by atoms with Crippen LogP contribution in [0.3, 0.4) is 0 Å². The monoisotopic (exact) mass is 957 g/mol. The van der Waals surface area contributed by atoms with E-state index in [9.17, 15) is 0 Å². The number of imidazole rings is 1. The summed E-state index contributed by atoms with van der Waals surface area (Å²) in [6, 6.07) is 54.7. The molecule has 0 spiro atoms. The van der Waals surface area contributed by atoms with E-state index in [4.69, 9.17) is 13.5 Å². The third-order valence-corrected chi connectivity index (χ3v) is 13.8. The number of hydrogen-bond acceptors (Lipinski definition) is 3. The zero-order valence-electron chi connectivity index (χ0n) is 34.1. The Morgan fingerprint density at radius 1 is 0.709 bits per heavy atom. The van der Waals surface area contributed by atoms with Gasteiger partial charge in [-0.1, -0.05) is 12.1 Å². The number of nitrogens with zero attached hydrogens (tertiary/aromatic N) is 3. The minimum atomic E-state index is -2.10. The Kier molecular flexibility index (Phi) is 10.1. The van der Waals surface area contributed by atoms with Crippen molar-refractivity contribution < 1.29 is 28.6 Å². The number of aryl methyl sites for hydroxylation is 2. The Bertz CT molecular complexity index is 2750. The molecule has 4 nitrogen and oxygen atoms in total. The molecular formula is C49H41GeIrN3O-2. The molecule has 9 aromatic rings. The summed E-state index contributed by atoms with van der Waals surface area (Å²) in [4.78, 5) is 9.38. The molecule has 0 N–H and O–H groups in total. The fraction of sp³-hybridized carbons (Fsp3) is 0.102. The molecular weight excluding hydrogens is 911 g/mol. The smallest absolute Gasteiger partial charge is 0.0280 e. The molecule has 0 saturated carbocycles. The molecule has 55 heavy (non-hydrogen) atoms. The zero-order valence-corrected chi connectivity index (χ0v) is 35.6. The normalized spacial score (nSPS) is 12.3. The maximum Gasteiger partial charge on any atom is 0.0280 e. The van der Waals surface area contributed by atoms with Gasteiger partial charge >= 0.3 is 244 Å². The summed E-state index contributed by atoms with van der Waals surface area (Å²) >= 11 is -2.10. The molecule has 0 bridgehead atoms. The molecule has 6 heteroatoms. The molecule has 9 rings (SSSR count). The maximum absolute atomic E-state index is 7.23. The Balaban J connectivity index is 0.000000254. The molecule has 0 aliphatic rings. The Labute approximate surface area is 343 Å². The van der Waals surface area contributed by atoms with Gasteiger partial charge in [-0.2, -0.15) is 0 Å². The molecule has 273 valence electrons. The van der Waals surface area contributed by atoms with Crippen LogP contribution in [0, 0.1) is 26.1 Å². The van der Waals surface area contributed by atoms with Gasteiger partial charge in [0.05, 0.1) is 0 Å². The minimum absolute atomic E-state index is 0. The number of fused-ring (bicyclic) bond motifs is 2. The van der Waals surface area contributed by atoms with Gasteiger partial charge in [0.25, 0.3) is 0 Å². The first-order valence-corrected chi connectivity index (χ1v) is 25.4. The number of aromatic nitrogens is 3. The van der Waals surface area contributed by atoms with Gasteiger partial charge in [-0.25, -0.2) is 0 Å². The van der Waals surface area contributed by atoms with Crippen LogP contribution in [-0.2, 0) is 20.1 Å². The second-order valence-electron chi connectivity index (χ2n) is 14.4. The average molecular weight is 956 g/mol. The van der Waals surface area contributed by atoms with Crippen molar-refractivity contribution in [3.05, 3.63) is 181 Å². The fourth-order valence-electron chi connectivity index (χ4n) is 6.83. The van der Waals surface area contributed by atoms with Crippen LogP contribution in [0.4, 0.5) is 0 Å². The largest absolute Gasteiger partial charge is 0.304 e. The molecule has 0 aliphatic heterocycles. The van der Waals surface area contributed by atoms with E-state index in [1.54, 1.807) is 18.2 Å². The summed E-state index contributed by atoms with van der Waals surface area (Å²) in [6.45, 7) is 0.0815. The number of pyridine rings is 1. The Morgan fingerprint density at radius 2 is 1.38 bits per heavy atom. The van der Waals surface area contributed by atoms with Crippen molar-refractivity contribution in [3.63, 3.8) is 0 Å². The number of hydrogen-bond donors (Lipinski definition) is 0. The van der Waals surface area contributed by atoms with Crippen LogP contribution in [0.2, 0.25) is 17.3 Å². The van der Waals surface area contributed by atoms with Gasteiger partial charge in [-0.3, -0.25) is 0 Å². The molecule has 3 heterocycles. The molecule has 0 atom stereocenters. The van der Waals surface area contributed by atoms with E-state index < -0.39 is 20.1 Å². The average Bonchev–Trinajstić information content (AvgIpc) is 3.82.